The second-order valence-corrected chi connectivity index (χ2v) is 7.74. The number of rotatable bonds is 5. The minimum Gasteiger partial charge on any atom is -0.508 e. The summed E-state index contributed by atoms with van der Waals surface area (Å²) in [6.45, 7) is 4.67. The number of ether oxygens (including phenoxy) is 1. The monoisotopic (exact) mass is 422 g/mol. The SMILES string of the molecule is COc1ccc(N2CCN(C(=O)CCc3c(C)c4ccc(O)cc4oc3=O)CC2)cc1. The zero-order chi connectivity index (χ0) is 22.0. The summed E-state index contributed by atoms with van der Waals surface area (Å²) in [7, 11) is 1.65. The van der Waals surface area contributed by atoms with E-state index in [2.05, 4.69) is 4.90 Å². The van der Waals surface area contributed by atoms with Crippen LogP contribution in [-0.2, 0) is 11.2 Å². The van der Waals surface area contributed by atoms with Gasteiger partial charge in [0.25, 0.3) is 0 Å². The van der Waals surface area contributed by atoms with Crippen LogP contribution in [0.5, 0.6) is 11.5 Å². The summed E-state index contributed by atoms with van der Waals surface area (Å²) >= 11 is 0. The van der Waals surface area contributed by atoms with Gasteiger partial charge >= 0.3 is 5.63 Å². The molecule has 2 aromatic carbocycles. The molecule has 0 radical (unpaired) electrons. The summed E-state index contributed by atoms with van der Waals surface area (Å²) in [4.78, 5) is 29.3. The standard InChI is InChI=1S/C24H26N2O5/c1-16-20-8-5-18(27)15-22(20)31-24(29)21(16)9-10-23(28)26-13-11-25(12-14-26)17-3-6-19(30-2)7-4-17/h3-8,15,27H,9-14H2,1-2H3. The lowest BCUT2D eigenvalue weighted by atomic mass is 10.0. The molecule has 0 saturated carbocycles. The Balaban J connectivity index is 1.37. The molecule has 1 aliphatic heterocycles. The minimum atomic E-state index is -0.451. The van der Waals surface area contributed by atoms with Gasteiger partial charge in [0.2, 0.25) is 5.91 Å². The minimum absolute atomic E-state index is 0.0407. The molecule has 162 valence electrons. The maximum Gasteiger partial charge on any atom is 0.339 e. The van der Waals surface area contributed by atoms with E-state index in [1.165, 1.54) is 6.07 Å². The fourth-order valence-corrected chi connectivity index (χ4v) is 4.07. The van der Waals surface area contributed by atoms with Crippen LogP contribution in [0.3, 0.4) is 0 Å². The van der Waals surface area contributed by atoms with Crippen LogP contribution in [0.2, 0.25) is 0 Å². The number of amides is 1. The van der Waals surface area contributed by atoms with Gasteiger partial charge < -0.3 is 24.1 Å². The van der Waals surface area contributed by atoms with Gasteiger partial charge in [0.15, 0.2) is 0 Å². The summed E-state index contributed by atoms with van der Waals surface area (Å²) < 4.78 is 10.6. The van der Waals surface area contributed by atoms with Gasteiger partial charge in [0.05, 0.1) is 7.11 Å². The van der Waals surface area contributed by atoms with E-state index in [0.29, 0.717) is 30.7 Å². The van der Waals surface area contributed by atoms with E-state index >= 15 is 0 Å². The molecule has 1 amide bonds. The smallest absolute Gasteiger partial charge is 0.339 e. The molecular weight excluding hydrogens is 396 g/mol. The molecule has 4 rings (SSSR count). The zero-order valence-corrected chi connectivity index (χ0v) is 17.8. The normalized spacial score (nSPS) is 14.1. The fraction of sp³-hybridized carbons (Fsp3) is 0.333. The molecule has 0 bridgehead atoms. The molecule has 0 atom stereocenters. The van der Waals surface area contributed by atoms with Crippen LogP contribution >= 0.6 is 0 Å². The molecule has 3 aromatic rings. The molecule has 7 heteroatoms. The Kier molecular flexibility index (Phi) is 5.84. The second kappa shape index (κ2) is 8.71. The Morgan fingerprint density at radius 1 is 1.10 bits per heavy atom. The van der Waals surface area contributed by atoms with Gasteiger partial charge in [0.1, 0.15) is 17.1 Å². The highest BCUT2D eigenvalue weighted by atomic mass is 16.5. The molecule has 1 aliphatic rings. The third kappa shape index (κ3) is 4.35. The average molecular weight is 422 g/mol. The summed E-state index contributed by atoms with van der Waals surface area (Å²) in [5.74, 6) is 0.911. The number of hydrogen-bond donors (Lipinski definition) is 1. The van der Waals surface area contributed by atoms with E-state index in [-0.39, 0.29) is 18.1 Å². The molecule has 1 N–H and O–H groups in total. The molecule has 31 heavy (non-hydrogen) atoms. The van der Waals surface area contributed by atoms with Crippen molar-refractivity contribution < 1.29 is 19.1 Å². The van der Waals surface area contributed by atoms with Crippen LogP contribution in [0, 0.1) is 6.92 Å². The summed E-state index contributed by atoms with van der Waals surface area (Å²) in [5.41, 5.74) is 2.33. The van der Waals surface area contributed by atoms with Gasteiger partial charge in [-0.3, -0.25) is 4.79 Å². The molecule has 0 unspecified atom stereocenters. The van der Waals surface area contributed by atoms with Crippen LogP contribution in [0.1, 0.15) is 17.5 Å². The second-order valence-electron chi connectivity index (χ2n) is 7.74. The molecule has 1 fully saturated rings. The highest BCUT2D eigenvalue weighted by Crippen LogP contribution is 2.24. The topological polar surface area (TPSA) is 83.2 Å². The first kappa shape index (κ1) is 20.8. The quantitative estimate of drug-likeness (QED) is 0.636. The van der Waals surface area contributed by atoms with Crippen molar-refractivity contribution in [1.82, 2.24) is 4.90 Å². The van der Waals surface area contributed by atoms with E-state index in [9.17, 15) is 14.7 Å². The first-order valence-electron chi connectivity index (χ1n) is 10.4. The van der Waals surface area contributed by atoms with Crippen molar-refractivity contribution in [3.05, 3.63) is 64.0 Å². The van der Waals surface area contributed by atoms with Crippen LogP contribution in [-0.4, -0.2) is 49.2 Å². The van der Waals surface area contributed by atoms with Gasteiger partial charge in [-0.15, -0.1) is 0 Å². The van der Waals surface area contributed by atoms with Crippen LogP contribution < -0.4 is 15.3 Å². The van der Waals surface area contributed by atoms with Gasteiger partial charge in [-0.25, -0.2) is 4.79 Å². The van der Waals surface area contributed by atoms with Crippen LogP contribution in [0.15, 0.2) is 51.7 Å². The molecule has 1 saturated heterocycles. The average Bonchev–Trinajstić information content (AvgIpc) is 2.78. The first-order chi connectivity index (χ1) is 15.0. The number of phenolic OH excluding ortho intramolecular Hbond substituents is 1. The van der Waals surface area contributed by atoms with Crippen molar-refractivity contribution in [2.45, 2.75) is 19.8 Å². The predicted molar refractivity (Wildman–Crippen MR) is 119 cm³/mol. The van der Waals surface area contributed by atoms with Crippen LogP contribution in [0.25, 0.3) is 11.0 Å². The van der Waals surface area contributed by atoms with Crippen molar-refractivity contribution in [2.24, 2.45) is 0 Å². The molecule has 1 aromatic heterocycles. The van der Waals surface area contributed by atoms with E-state index in [1.807, 2.05) is 36.1 Å². The Labute approximate surface area is 180 Å². The van der Waals surface area contributed by atoms with E-state index in [1.54, 1.807) is 19.2 Å². The number of aryl methyl sites for hydroxylation is 1. The first-order valence-corrected chi connectivity index (χ1v) is 10.4. The van der Waals surface area contributed by atoms with E-state index in [0.717, 1.165) is 35.5 Å². The lowest BCUT2D eigenvalue weighted by Gasteiger charge is -2.36. The number of phenols is 1. The van der Waals surface area contributed by atoms with E-state index in [4.69, 9.17) is 9.15 Å². The number of carbonyl (C=O) groups is 1. The maximum atomic E-state index is 12.8. The molecular formula is C24H26N2O5. The predicted octanol–water partition coefficient (Wildman–Crippen LogP) is 3.10. The van der Waals surface area contributed by atoms with Crippen molar-refractivity contribution >= 4 is 22.6 Å². The van der Waals surface area contributed by atoms with E-state index < -0.39 is 5.63 Å². The molecule has 0 aliphatic carbocycles. The fourth-order valence-electron chi connectivity index (χ4n) is 4.07. The molecule has 2 heterocycles. The molecule has 0 spiro atoms. The number of carbonyl (C=O) groups excluding carboxylic acids is 1. The van der Waals surface area contributed by atoms with Gasteiger partial charge in [-0.1, -0.05) is 0 Å². The lowest BCUT2D eigenvalue weighted by Crippen LogP contribution is -2.48. The summed E-state index contributed by atoms with van der Waals surface area (Å²) in [5, 5.41) is 10.4. The number of benzene rings is 2. The number of nitrogens with zero attached hydrogens (tertiary/aromatic N) is 2. The number of anilines is 1. The highest BCUT2D eigenvalue weighted by molar-refractivity contribution is 5.82. The van der Waals surface area contributed by atoms with Crippen molar-refractivity contribution in [2.75, 3.05) is 38.2 Å². The lowest BCUT2D eigenvalue weighted by molar-refractivity contribution is -0.131. The van der Waals surface area contributed by atoms with Gasteiger partial charge in [-0.05, 0) is 55.3 Å². The largest absolute Gasteiger partial charge is 0.508 e. The van der Waals surface area contributed by atoms with Crippen molar-refractivity contribution in [3.8, 4) is 11.5 Å². The summed E-state index contributed by atoms with van der Waals surface area (Å²) in [6, 6.07) is 12.6. The van der Waals surface area contributed by atoms with Gasteiger partial charge in [-0.2, -0.15) is 0 Å². The Hall–Kier alpha value is -3.48. The number of aromatic hydroxyl groups is 1. The Morgan fingerprint density at radius 2 is 1.81 bits per heavy atom. The van der Waals surface area contributed by atoms with Crippen molar-refractivity contribution in [3.63, 3.8) is 0 Å². The third-order valence-electron chi connectivity index (χ3n) is 5.93. The molecule has 7 nitrogen and oxygen atoms in total. The number of fused-ring (bicyclic) bond motifs is 1. The zero-order valence-electron chi connectivity index (χ0n) is 17.8. The summed E-state index contributed by atoms with van der Waals surface area (Å²) in [6.07, 6.45) is 0.597. The number of piperazine rings is 1. The van der Waals surface area contributed by atoms with Crippen molar-refractivity contribution in [1.29, 1.82) is 0 Å². The van der Waals surface area contributed by atoms with Crippen LogP contribution in [0.4, 0.5) is 5.69 Å². The highest BCUT2D eigenvalue weighted by Gasteiger charge is 2.22. The third-order valence-corrected chi connectivity index (χ3v) is 5.93. The number of hydrogen-bond acceptors (Lipinski definition) is 6. The Bertz CT molecular complexity index is 1150. The Morgan fingerprint density at radius 3 is 2.48 bits per heavy atom. The number of methoxy groups -OCH3 is 1. The van der Waals surface area contributed by atoms with Gasteiger partial charge in [0, 0.05) is 55.3 Å². The maximum absolute atomic E-state index is 12.8.